The Morgan fingerprint density at radius 2 is 2.17 bits per heavy atom. The SMILES string of the molecule is COc1ccc2c(C3(C#N)CCC3)nccc2c1. The number of methoxy groups -OCH3 is 1. The molecule has 3 heteroatoms. The summed E-state index contributed by atoms with van der Waals surface area (Å²) in [5.74, 6) is 0.833. The summed E-state index contributed by atoms with van der Waals surface area (Å²) >= 11 is 0. The number of aromatic nitrogens is 1. The average Bonchev–Trinajstić information content (AvgIpc) is 2.37. The zero-order valence-corrected chi connectivity index (χ0v) is 10.3. The Bertz CT molecular complexity index is 638. The largest absolute Gasteiger partial charge is 0.497 e. The summed E-state index contributed by atoms with van der Waals surface area (Å²) in [6.45, 7) is 0. The highest BCUT2D eigenvalue weighted by atomic mass is 16.5. The second-order valence-corrected chi connectivity index (χ2v) is 4.79. The van der Waals surface area contributed by atoms with Crippen LogP contribution in [0.15, 0.2) is 30.5 Å². The predicted octanol–water partition coefficient (Wildman–Crippen LogP) is 3.19. The van der Waals surface area contributed by atoms with Gasteiger partial charge in [-0.15, -0.1) is 0 Å². The van der Waals surface area contributed by atoms with E-state index in [1.807, 2.05) is 24.3 Å². The van der Waals surface area contributed by atoms with Gasteiger partial charge in [0.1, 0.15) is 5.75 Å². The number of fused-ring (bicyclic) bond motifs is 1. The van der Waals surface area contributed by atoms with Crippen LogP contribution >= 0.6 is 0 Å². The van der Waals surface area contributed by atoms with Crippen LogP contribution in [0.25, 0.3) is 10.8 Å². The van der Waals surface area contributed by atoms with Gasteiger partial charge in [-0.3, -0.25) is 4.98 Å². The van der Waals surface area contributed by atoms with E-state index in [1.54, 1.807) is 13.3 Å². The van der Waals surface area contributed by atoms with E-state index in [0.29, 0.717) is 0 Å². The molecule has 1 saturated carbocycles. The third-order valence-electron chi connectivity index (χ3n) is 3.85. The van der Waals surface area contributed by atoms with E-state index in [-0.39, 0.29) is 5.41 Å². The maximum absolute atomic E-state index is 9.44. The molecule has 18 heavy (non-hydrogen) atoms. The summed E-state index contributed by atoms with van der Waals surface area (Å²) in [6.07, 6.45) is 4.74. The number of nitrogens with zero attached hydrogens (tertiary/aromatic N) is 2. The van der Waals surface area contributed by atoms with Crippen molar-refractivity contribution in [1.82, 2.24) is 4.98 Å². The van der Waals surface area contributed by atoms with Gasteiger partial charge in [0.15, 0.2) is 0 Å². The predicted molar refractivity (Wildman–Crippen MR) is 69.4 cm³/mol. The Labute approximate surface area is 106 Å². The molecule has 0 aliphatic heterocycles. The Morgan fingerprint density at radius 3 is 2.78 bits per heavy atom. The van der Waals surface area contributed by atoms with Gasteiger partial charge in [-0.2, -0.15) is 5.26 Å². The minimum atomic E-state index is -0.367. The van der Waals surface area contributed by atoms with Crippen LogP contribution < -0.4 is 4.74 Å². The van der Waals surface area contributed by atoms with Crippen LogP contribution in [-0.2, 0) is 5.41 Å². The van der Waals surface area contributed by atoms with Crippen molar-refractivity contribution in [2.75, 3.05) is 7.11 Å². The second kappa shape index (κ2) is 3.99. The first kappa shape index (κ1) is 11.0. The van der Waals surface area contributed by atoms with Crippen molar-refractivity contribution in [3.8, 4) is 11.8 Å². The van der Waals surface area contributed by atoms with Crippen molar-refractivity contribution in [3.63, 3.8) is 0 Å². The van der Waals surface area contributed by atoms with Crippen molar-refractivity contribution < 1.29 is 4.74 Å². The molecular weight excluding hydrogens is 224 g/mol. The van der Waals surface area contributed by atoms with Gasteiger partial charge in [0.05, 0.1) is 24.3 Å². The molecule has 1 heterocycles. The standard InChI is InChI=1S/C15H14N2O/c1-18-12-3-4-13-11(9-12)5-8-17-14(13)15(10-16)6-2-7-15/h3-5,8-9H,2,6-7H2,1H3. The molecule has 0 unspecified atom stereocenters. The fourth-order valence-corrected chi connectivity index (χ4v) is 2.60. The topological polar surface area (TPSA) is 45.9 Å². The smallest absolute Gasteiger partial charge is 0.119 e. The highest BCUT2D eigenvalue weighted by Gasteiger charge is 2.41. The first-order valence-corrected chi connectivity index (χ1v) is 6.13. The zero-order chi connectivity index (χ0) is 12.6. The van der Waals surface area contributed by atoms with E-state index in [0.717, 1.165) is 41.5 Å². The number of ether oxygens (including phenoxy) is 1. The fraction of sp³-hybridized carbons (Fsp3) is 0.333. The zero-order valence-electron chi connectivity index (χ0n) is 10.3. The van der Waals surface area contributed by atoms with Gasteiger partial charge in [-0.1, -0.05) is 0 Å². The number of hydrogen-bond donors (Lipinski definition) is 0. The molecule has 0 bridgehead atoms. The fourth-order valence-electron chi connectivity index (χ4n) is 2.60. The molecule has 1 aliphatic carbocycles. The number of pyridine rings is 1. The lowest BCUT2D eigenvalue weighted by atomic mass is 9.66. The van der Waals surface area contributed by atoms with Crippen molar-refractivity contribution in [2.24, 2.45) is 0 Å². The molecule has 1 aromatic heterocycles. The number of nitriles is 1. The highest BCUT2D eigenvalue weighted by Crippen LogP contribution is 2.44. The van der Waals surface area contributed by atoms with Crippen LogP contribution in [0, 0.1) is 11.3 Å². The molecule has 2 aromatic rings. The molecule has 1 fully saturated rings. The third-order valence-corrected chi connectivity index (χ3v) is 3.85. The molecule has 3 rings (SSSR count). The lowest BCUT2D eigenvalue weighted by Crippen LogP contribution is -2.33. The third kappa shape index (κ3) is 1.46. The number of hydrogen-bond acceptors (Lipinski definition) is 3. The maximum atomic E-state index is 9.44. The van der Waals surface area contributed by atoms with Crippen LogP contribution in [0.5, 0.6) is 5.75 Å². The molecule has 0 amide bonds. The Kier molecular flexibility index (Phi) is 2.45. The van der Waals surface area contributed by atoms with E-state index in [4.69, 9.17) is 4.74 Å². The van der Waals surface area contributed by atoms with Crippen LogP contribution in [0.1, 0.15) is 25.0 Å². The first-order valence-electron chi connectivity index (χ1n) is 6.13. The molecule has 0 saturated heterocycles. The van der Waals surface area contributed by atoms with Gasteiger partial charge < -0.3 is 4.74 Å². The van der Waals surface area contributed by atoms with E-state index in [9.17, 15) is 5.26 Å². The van der Waals surface area contributed by atoms with Crippen molar-refractivity contribution in [2.45, 2.75) is 24.7 Å². The molecular formula is C15H14N2O. The van der Waals surface area contributed by atoms with E-state index >= 15 is 0 Å². The number of benzene rings is 1. The van der Waals surface area contributed by atoms with Gasteiger partial charge in [0.25, 0.3) is 0 Å². The summed E-state index contributed by atoms with van der Waals surface area (Å²) in [6, 6.07) is 10.3. The van der Waals surface area contributed by atoms with Gasteiger partial charge >= 0.3 is 0 Å². The van der Waals surface area contributed by atoms with Crippen molar-refractivity contribution in [1.29, 1.82) is 5.26 Å². The van der Waals surface area contributed by atoms with Gasteiger partial charge in [0, 0.05) is 11.6 Å². The Balaban J connectivity index is 2.22. The minimum Gasteiger partial charge on any atom is -0.497 e. The summed E-state index contributed by atoms with van der Waals surface area (Å²) in [7, 11) is 1.66. The molecule has 3 nitrogen and oxygen atoms in total. The first-order chi connectivity index (χ1) is 8.79. The van der Waals surface area contributed by atoms with Crippen LogP contribution in [0.2, 0.25) is 0 Å². The van der Waals surface area contributed by atoms with Crippen LogP contribution in [-0.4, -0.2) is 12.1 Å². The summed E-state index contributed by atoms with van der Waals surface area (Å²) < 4.78 is 5.23. The average molecular weight is 238 g/mol. The van der Waals surface area contributed by atoms with Crippen molar-refractivity contribution in [3.05, 3.63) is 36.2 Å². The van der Waals surface area contributed by atoms with E-state index < -0.39 is 0 Å². The molecule has 90 valence electrons. The van der Waals surface area contributed by atoms with E-state index in [2.05, 4.69) is 11.1 Å². The van der Waals surface area contributed by atoms with Crippen molar-refractivity contribution >= 4 is 10.8 Å². The lowest BCUT2D eigenvalue weighted by Gasteiger charge is -2.35. The molecule has 0 N–H and O–H groups in total. The minimum absolute atomic E-state index is 0.367. The summed E-state index contributed by atoms with van der Waals surface area (Å²) in [5.41, 5.74) is 0.560. The molecule has 1 aromatic carbocycles. The normalized spacial score (nSPS) is 16.9. The monoisotopic (exact) mass is 238 g/mol. The van der Waals surface area contributed by atoms with Gasteiger partial charge in [0.2, 0.25) is 0 Å². The van der Waals surface area contributed by atoms with E-state index in [1.165, 1.54) is 0 Å². The summed E-state index contributed by atoms with van der Waals surface area (Å²) in [4.78, 5) is 4.46. The highest BCUT2D eigenvalue weighted by molar-refractivity contribution is 5.87. The van der Waals surface area contributed by atoms with Crippen LogP contribution in [0.3, 0.4) is 0 Å². The number of rotatable bonds is 2. The van der Waals surface area contributed by atoms with Gasteiger partial charge in [-0.05, 0) is 48.9 Å². The second-order valence-electron chi connectivity index (χ2n) is 4.79. The lowest BCUT2D eigenvalue weighted by molar-refractivity contribution is 0.319. The maximum Gasteiger partial charge on any atom is 0.119 e. The van der Waals surface area contributed by atoms with Gasteiger partial charge in [-0.25, -0.2) is 0 Å². The van der Waals surface area contributed by atoms with Crippen LogP contribution in [0.4, 0.5) is 0 Å². The Hall–Kier alpha value is -2.08. The Morgan fingerprint density at radius 1 is 1.33 bits per heavy atom. The molecule has 0 spiro atoms. The molecule has 1 aliphatic rings. The summed E-state index contributed by atoms with van der Waals surface area (Å²) in [5, 5.41) is 11.6. The molecule has 0 radical (unpaired) electrons. The molecule has 0 atom stereocenters. The quantitative estimate of drug-likeness (QED) is 0.807.